The van der Waals surface area contributed by atoms with Crippen LogP contribution >= 0.6 is 0 Å². The van der Waals surface area contributed by atoms with E-state index >= 15 is 0 Å². The maximum atomic E-state index is 9.18. The molecule has 0 bridgehead atoms. The van der Waals surface area contributed by atoms with Crippen LogP contribution in [0.1, 0.15) is 11.4 Å². The van der Waals surface area contributed by atoms with E-state index in [4.69, 9.17) is 4.74 Å². The van der Waals surface area contributed by atoms with E-state index in [1.54, 1.807) is 0 Å². The smallest absolute Gasteiger partial charge is 0.137 e. The summed E-state index contributed by atoms with van der Waals surface area (Å²) in [6.45, 7) is 5.99. The second-order valence-electron chi connectivity index (χ2n) is 4.44. The van der Waals surface area contributed by atoms with Crippen LogP contribution in [-0.2, 0) is 4.74 Å². The summed E-state index contributed by atoms with van der Waals surface area (Å²) in [6.07, 6.45) is -0.133. The maximum Gasteiger partial charge on any atom is 0.137 e. The molecule has 1 aromatic heterocycles. The number of hydrogen-bond acceptors (Lipinski definition) is 6. The average Bonchev–Trinajstić information content (AvgIpc) is 2.41. The number of rotatable bonds is 3. The van der Waals surface area contributed by atoms with Gasteiger partial charge in [-0.1, -0.05) is 0 Å². The summed E-state index contributed by atoms with van der Waals surface area (Å²) in [5.41, 5.74) is 1.03. The van der Waals surface area contributed by atoms with Crippen LogP contribution in [0.3, 0.4) is 0 Å². The predicted molar refractivity (Wildman–Crippen MR) is 70.1 cm³/mol. The summed E-state index contributed by atoms with van der Waals surface area (Å²) < 4.78 is 5.45. The van der Waals surface area contributed by atoms with Gasteiger partial charge in [-0.15, -0.1) is 0 Å². The molecule has 100 valence electrons. The summed E-state index contributed by atoms with van der Waals surface area (Å²) in [5.74, 6) is 2.52. The van der Waals surface area contributed by atoms with E-state index in [0.29, 0.717) is 13.2 Å². The average molecular weight is 252 g/mol. The van der Waals surface area contributed by atoms with Crippen molar-refractivity contribution >= 4 is 11.6 Å². The molecule has 1 aliphatic rings. The molecule has 0 aliphatic carbocycles. The predicted octanol–water partition coefficient (Wildman–Crippen LogP) is 0.333. The molecule has 1 saturated heterocycles. The van der Waals surface area contributed by atoms with Gasteiger partial charge in [0.1, 0.15) is 17.5 Å². The van der Waals surface area contributed by atoms with Crippen LogP contribution in [0, 0.1) is 13.8 Å². The fourth-order valence-electron chi connectivity index (χ4n) is 2.19. The van der Waals surface area contributed by atoms with E-state index in [9.17, 15) is 5.11 Å². The van der Waals surface area contributed by atoms with Gasteiger partial charge >= 0.3 is 0 Å². The van der Waals surface area contributed by atoms with Crippen molar-refractivity contribution in [2.45, 2.75) is 20.0 Å². The Morgan fingerprint density at radius 3 is 2.89 bits per heavy atom. The number of anilines is 2. The van der Waals surface area contributed by atoms with Gasteiger partial charge in [-0.25, -0.2) is 9.97 Å². The molecular weight excluding hydrogens is 232 g/mol. The number of aromatic nitrogens is 2. The molecule has 1 fully saturated rings. The SMILES string of the molecule is CNc1nc(C)nc(N2CCOC(CO)C2)c1C. The van der Waals surface area contributed by atoms with E-state index in [0.717, 1.165) is 29.6 Å². The first kappa shape index (κ1) is 13.0. The molecule has 2 heterocycles. The maximum absolute atomic E-state index is 9.18. The number of hydrogen-bond donors (Lipinski definition) is 2. The number of aliphatic hydroxyl groups is 1. The molecule has 0 aromatic carbocycles. The lowest BCUT2D eigenvalue weighted by atomic mass is 10.2. The van der Waals surface area contributed by atoms with Gasteiger partial charge in [0.15, 0.2) is 0 Å². The molecule has 0 spiro atoms. The van der Waals surface area contributed by atoms with Gasteiger partial charge in [-0.05, 0) is 13.8 Å². The lowest BCUT2D eigenvalue weighted by Crippen LogP contribution is -2.44. The lowest BCUT2D eigenvalue weighted by Gasteiger charge is -2.34. The molecule has 6 heteroatoms. The number of nitrogens with one attached hydrogen (secondary N) is 1. The van der Waals surface area contributed by atoms with Crippen LogP contribution in [0.2, 0.25) is 0 Å². The van der Waals surface area contributed by atoms with Gasteiger partial charge in [-0.3, -0.25) is 0 Å². The summed E-state index contributed by atoms with van der Waals surface area (Å²) in [5, 5.41) is 12.3. The Morgan fingerprint density at radius 2 is 2.22 bits per heavy atom. The summed E-state index contributed by atoms with van der Waals surface area (Å²) in [6, 6.07) is 0. The number of ether oxygens (including phenoxy) is 1. The van der Waals surface area contributed by atoms with E-state index < -0.39 is 0 Å². The Bertz CT molecular complexity index is 425. The van der Waals surface area contributed by atoms with E-state index in [2.05, 4.69) is 20.2 Å². The first-order valence-electron chi connectivity index (χ1n) is 6.16. The minimum absolute atomic E-state index is 0.0402. The topological polar surface area (TPSA) is 70.5 Å². The van der Waals surface area contributed by atoms with Crippen molar-refractivity contribution < 1.29 is 9.84 Å². The second-order valence-corrected chi connectivity index (χ2v) is 4.44. The Labute approximate surface area is 107 Å². The molecule has 6 nitrogen and oxygen atoms in total. The minimum Gasteiger partial charge on any atom is -0.394 e. The normalized spacial score (nSPS) is 20.0. The van der Waals surface area contributed by atoms with Crippen LogP contribution in [0.15, 0.2) is 0 Å². The monoisotopic (exact) mass is 252 g/mol. The molecule has 0 radical (unpaired) electrons. The third-order valence-corrected chi connectivity index (χ3v) is 3.11. The zero-order valence-electron chi connectivity index (χ0n) is 11.1. The Hall–Kier alpha value is -1.40. The quantitative estimate of drug-likeness (QED) is 0.808. The number of aliphatic hydroxyl groups excluding tert-OH is 1. The van der Waals surface area contributed by atoms with Crippen LogP contribution in [-0.4, -0.2) is 54.5 Å². The highest BCUT2D eigenvalue weighted by Crippen LogP contribution is 2.24. The molecule has 2 rings (SSSR count). The molecular formula is C12H20N4O2. The fourth-order valence-corrected chi connectivity index (χ4v) is 2.19. The van der Waals surface area contributed by atoms with Crippen molar-refractivity contribution in [2.24, 2.45) is 0 Å². The highest BCUT2D eigenvalue weighted by molar-refractivity contribution is 5.58. The molecule has 2 N–H and O–H groups in total. The third-order valence-electron chi connectivity index (χ3n) is 3.11. The largest absolute Gasteiger partial charge is 0.394 e. The first-order chi connectivity index (χ1) is 8.65. The molecule has 0 saturated carbocycles. The van der Waals surface area contributed by atoms with E-state index in [1.165, 1.54) is 0 Å². The fraction of sp³-hybridized carbons (Fsp3) is 0.667. The van der Waals surface area contributed by atoms with E-state index in [-0.39, 0.29) is 12.7 Å². The molecule has 18 heavy (non-hydrogen) atoms. The van der Waals surface area contributed by atoms with Gasteiger partial charge in [0.05, 0.1) is 19.3 Å². The van der Waals surface area contributed by atoms with Crippen LogP contribution < -0.4 is 10.2 Å². The summed E-state index contributed by atoms with van der Waals surface area (Å²) in [7, 11) is 1.86. The van der Waals surface area contributed by atoms with Crippen molar-refractivity contribution in [3.8, 4) is 0 Å². The molecule has 1 atom stereocenters. The molecule has 1 aromatic rings. The number of morpholine rings is 1. The number of aryl methyl sites for hydroxylation is 1. The Morgan fingerprint density at radius 1 is 1.44 bits per heavy atom. The van der Waals surface area contributed by atoms with Gasteiger partial charge in [0, 0.05) is 25.7 Å². The van der Waals surface area contributed by atoms with Crippen molar-refractivity contribution in [1.82, 2.24) is 9.97 Å². The van der Waals surface area contributed by atoms with Gasteiger partial charge < -0.3 is 20.1 Å². The van der Waals surface area contributed by atoms with Crippen molar-refractivity contribution in [1.29, 1.82) is 0 Å². The van der Waals surface area contributed by atoms with Crippen molar-refractivity contribution in [3.05, 3.63) is 11.4 Å². The number of nitrogens with zero attached hydrogens (tertiary/aromatic N) is 3. The van der Waals surface area contributed by atoms with Gasteiger partial charge in [-0.2, -0.15) is 0 Å². The molecule has 1 aliphatic heterocycles. The summed E-state index contributed by atoms with van der Waals surface area (Å²) in [4.78, 5) is 11.0. The van der Waals surface area contributed by atoms with Crippen molar-refractivity contribution in [3.63, 3.8) is 0 Å². The van der Waals surface area contributed by atoms with E-state index in [1.807, 2.05) is 20.9 Å². The summed E-state index contributed by atoms with van der Waals surface area (Å²) >= 11 is 0. The minimum atomic E-state index is -0.133. The lowest BCUT2D eigenvalue weighted by molar-refractivity contribution is 0.00332. The highest BCUT2D eigenvalue weighted by Gasteiger charge is 2.23. The standard InChI is InChI=1S/C12H20N4O2/c1-8-11(13-3)14-9(2)15-12(8)16-4-5-18-10(6-16)7-17/h10,17H,4-7H2,1-3H3,(H,13,14,15). The molecule has 0 amide bonds. The Kier molecular flexibility index (Phi) is 3.98. The zero-order chi connectivity index (χ0) is 13.1. The van der Waals surface area contributed by atoms with Gasteiger partial charge in [0.2, 0.25) is 0 Å². The Balaban J connectivity index is 2.29. The second kappa shape index (κ2) is 5.49. The zero-order valence-corrected chi connectivity index (χ0v) is 11.1. The van der Waals surface area contributed by atoms with Crippen LogP contribution in [0.5, 0.6) is 0 Å². The van der Waals surface area contributed by atoms with Gasteiger partial charge in [0.25, 0.3) is 0 Å². The van der Waals surface area contributed by atoms with Crippen LogP contribution in [0.4, 0.5) is 11.6 Å². The van der Waals surface area contributed by atoms with Crippen molar-refractivity contribution in [2.75, 3.05) is 43.6 Å². The van der Waals surface area contributed by atoms with Crippen LogP contribution in [0.25, 0.3) is 0 Å². The third kappa shape index (κ3) is 2.54. The highest BCUT2D eigenvalue weighted by atomic mass is 16.5. The molecule has 1 unspecified atom stereocenters. The first-order valence-corrected chi connectivity index (χ1v) is 6.16.